The van der Waals surface area contributed by atoms with E-state index in [-0.39, 0.29) is 24.0 Å². The van der Waals surface area contributed by atoms with Gasteiger partial charge in [0.1, 0.15) is 5.76 Å². The van der Waals surface area contributed by atoms with Crippen molar-refractivity contribution >= 4 is 23.1 Å². The molecular formula is C32H28N2O5. The standard InChI is InChI=1S/C32H28N2O5/c1-37-28-15-14-21(19-29(28)38-2)31-30-24(17-22(18-26(30)35)27-13-8-16-39-27)33-23-11-6-7-12-25(23)34(31)32(36)20-9-4-3-5-10-20/h3-16,19,22,31,33H,17-18H2,1-2H3/t22-,31+/m0/s1. The molecule has 0 unspecified atom stereocenters. The minimum Gasteiger partial charge on any atom is -0.493 e. The molecule has 6 rings (SSSR count). The number of nitrogens with one attached hydrogen (secondary N) is 1. The number of ether oxygens (including phenoxy) is 2. The van der Waals surface area contributed by atoms with E-state index in [1.54, 1.807) is 37.5 Å². The number of carbonyl (C=O) groups is 2. The molecule has 1 aliphatic carbocycles. The third-order valence-corrected chi connectivity index (χ3v) is 7.40. The summed E-state index contributed by atoms with van der Waals surface area (Å²) in [5.41, 5.74) is 4.05. The lowest BCUT2D eigenvalue weighted by Crippen LogP contribution is -2.38. The number of carbonyl (C=O) groups excluding carboxylic acids is 2. The van der Waals surface area contributed by atoms with Crippen LogP contribution in [0.3, 0.4) is 0 Å². The highest BCUT2D eigenvalue weighted by molar-refractivity contribution is 6.12. The maximum atomic E-state index is 14.3. The number of hydrogen-bond donors (Lipinski definition) is 1. The number of amides is 1. The first-order chi connectivity index (χ1) is 19.1. The largest absolute Gasteiger partial charge is 0.493 e. The maximum absolute atomic E-state index is 14.3. The summed E-state index contributed by atoms with van der Waals surface area (Å²) in [7, 11) is 3.15. The molecule has 7 nitrogen and oxygen atoms in total. The summed E-state index contributed by atoms with van der Waals surface area (Å²) in [6, 6.07) is 25.4. The van der Waals surface area contributed by atoms with Crippen molar-refractivity contribution in [1.82, 2.24) is 0 Å². The topological polar surface area (TPSA) is 81.0 Å². The summed E-state index contributed by atoms with van der Waals surface area (Å²) < 4.78 is 16.8. The number of ketones is 1. The Hall–Kier alpha value is -4.78. The first-order valence-electron chi connectivity index (χ1n) is 12.8. The highest BCUT2D eigenvalue weighted by atomic mass is 16.5. The van der Waals surface area contributed by atoms with Crippen molar-refractivity contribution in [2.24, 2.45) is 0 Å². The van der Waals surface area contributed by atoms with E-state index in [1.807, 2.05) is 72.8 Å². The molecule has 0 bridgehead atoms. The third-order valence-electron chi connectivity index (χ3n) is 7.40. The first kappa shape index (κ1) is 24.6. The Morgan fingerprint density at radius 1 is 0.897 bits per heavy atom. The molecule has 0 saturated carbocycles. The number of allylic oxidation sites excluding steroid dienone is 1. The van der Waals surface area contributed by atoms with Crippen molar-refractivity contribution in [2.45, 2.75) is 24.8 Å². The van der Waals surface area contributed by atoms with Gasteiger partial charge in [-0.1, -0.05) is 36.4 Å². The zero-order valence-corrected chi connectivity index (χ0v) is 21.7. The Bertz CT molecular complexity index is 1560. The minimum atomic E-state index is -0.700. The molecule has 0 radical (unpaired) electrons. The predicted molar refractivity (Wildman–Crippen MR) is 148 cm³/mol. The fourth-order valence-corrected chi connectivity index (χ4v) is 5.60. The number of Topliss-reactive ketones (excluding diaryl/α,β-unsaturated/α-hetero) is 1. The molecule has 0 spiro atoms. The zero-order valence-electron chi connectivity index (χ0n) is 21.7. The number of para-hydroxylation sites is 2. The molecule has 2 aliphatic rings. The van der Waals surface area contributed by atoms with E-state index in [0.29, 0.717) is 34.7 Å². The molecule has 1 aliphatic heterocycles. The number of benzene rings is 3. The van der Waals surface area contributed by atoms with Crippen LogP contribution in [0.25, 0.3) is 0 Å². The van der Waals surface area contributed by atoms with Gasteiger partial charge in [0, 0.05) is 29.2 Å². The molecule has 2 heterocycles. The Balaban J connectivity index is 1.59. The maximum Gasteiger partial charge on any atom is 0.259 e. The van der Waals surface area contributed by atoms with Crippen LogP contribution in [-0.4, -0.2) is 25.9 Å². The summed E-state index contributed by atoms with van der Waals surface area (Å²) in [5, 5.41) is 3.54. The number of fused-ring (bicyclic) bond motifs is 1. The van der Waals surface area contributed by atoms with E-state index in [9.17, 15) is 9.59 Å². The lowest BCUT2D eigenvalue weighted by molar-refractivity contribution is -0.116. The van der Waals surface area contributed by atoms with Crippen molar-refractivity contribution in [3.8, 4) is 11.5 Å². The summed E-state index contributed by atoms with van der Waals surface area (Å²) in [4.78, 5) is 30.1. The van der Waals surface area contributed by atoms with Crippen molar-refractivity contribution in [1.29, 1.82) is 0 Å². The van der Waals surface area contributed by atoms with E-state index in [0.717, 1.165) is 22.7 Å². The van der Waals surface area contributed by atoms with E-state index in [1.165, 1.54) is 0 Å². The summed E-state index contributed by atoms with van der Waals surface area (Å²) in [5.74, 6) is 1.51. The van der Waals surface area contributed by atoms with Gasteiger partial charge in [-0.25, -0.2) is 0 Å². The van der Waals surface area contributed by atoms with Gasteiger partial charge >= 0.3 is 0 Å². The van der Waals surface area contributed by atoms with Crippen LogP contribution in [0.5, 0.6) is 11.5 Å². The van der Waals surface area contributed by atoms with Gasteiger partial charge in [0.05, 0.1) is 37.9 Å². The molecule has 0 fully saturated rings. The summed E-state index contributed by atoms with van der Waals surface area (Å²) >= 11 is 0. The van der Waals surface area contributed by atoms with Crippen LogP contribution in [0.2, 0.25) is 0 Å². The number of hydrogen-bond acceptors (Lipinski definition) is 6. The van der Waals surface area contributed by atoms with Crippen LogP contribution in [0.1, 0.15) is 46.5 Å². The molecular weight excluding hydrogens is 492 g/mol. The Morgan fingerprint density at radius 3 is 2.41 bits per heavy atom. The number of methoxy groups -OCH3 is 2. The van der Waals surface area contributed by atoms with Gasteiger partial charge in [0.2, 0.25) is 0 Å². The molecule has 1 N–H and O–H groups in total. The third kappa shape index (κ3) is 4.36. The number of nitrogens with zero attached hydrogens (tertiary/aromatic N) is 1. The van der Waals surface area contributed by atoms with Gasteiger partial charge < -0.3 is 19.2 Å². The normalized spacial score (nSPS) is 18.5. The average Bonchev–Trinajstić information content (AvgIpc) is 3.47. The fraction of sp³-hybridized carbons (Fsp3) is 0.188. The molecule has 1 amide bonds. The lowest BCUT2D eigenvalue weighted by Gasteiger charge is -2.35. The van der Waals surface area contributed by atoms with Gasteiger partial charge in [0.15, 0.2) is 17.3 Å². The predicted octanol–water partition coefficient (Wildman–Crippen LogP) is 6.51. The van der Waals surface area contributed by atoms with E-state index in [4.69, 9.17) is 13.9 Å². The van der Waals surface area contributed by atoms with E-state index < -0.39 is 6.04 Å². The molecule has 3 aromatic carbocycles. The van der Waals surface area contributed by atoms with E-state index >= 15 is 0 Å². The number of furan rings is 1. The number of anilines is 2. The molecule has 196 valence electrons. The van der Waals surface area contributed by atoms with Crippen LogP contribution < -0.4 is 19.7 Å². The second-order valence-corrected chi connectivity index (χ2v) is 9.64. The molecule has 7 heteroatoms. The van der Waals surface area contributed by atoms with Crippen LogP contribution in [0, 0.1) is 0 Å². The SMILES string of the molecule is COc1ccc([C@@H]2C3=C(C[C@H](c4ccco4)CC3=O)Nc3ccccc3N2C(=O)c2ccccc2)cc1OC. The van der Waals surface area contributed by atoms with Crippen LogP contribution in [0.15, 0.2) is 107 Å². The molecule has 2 atom stereocenters. The monoisotopic (exact) mass is 520 g/mol. The fourth-order valence-electron chi connectivity index (χ4n) is 5.60. The average molecular weight is 521 g/mol. The van der Waals surface area contributed by atoms with Crippen molar-refractivity contribution in [3.05, 3.63) is 119 Å². The molecule has 1 aromatic heterocycles. The van der Waals surface area contributed by atoms with Gasteiger partial charge in [0.25, 0.3) is 5.91 Å². The van der Waals surface area contributed by atoms with Gasteiger partial charge in [-0.2, -0.15) is 0 Å². The lowest BCUT2D eigenvalue weighted by atomic mass is 9.80. The minimum absolute atomic E-state index is 0.0383. The molecule has 4 aromatic rings. The van der Waals surface area contributed by atoms with Gasteiger partial charge in [-0.3, -0.25) is 14.5 Å². The highest BCUT2D eigenvalue weighted by Gasteiger charge is 2.42. The second kappa shape index (κ2) is 10.2. The molecule has 0 saturated heterocycles. The van der Waals surface area contributed by atoms with Crippen molar-refractivity contribution < 1.29 is 23.5 Å². The zero-order chi connectivity index (χ0) is 26.9. The van der Waals surface area contributed by atoms with Gasteiger partial charge in [-0.05, 0) is 60.5 Å². The number of rotatable bonds is 5. The van der Waals surface area contributed by atoms with Crippen molar-refractivity contribution in [2.75, 3.05) is 24.4 Å². The smallest absolute Gasteiger partial charge is 0.259 e. The summed E-state index contributed by atoms with van der Waals surface area (Å²) in [6.07, 6.45) is 2.48. The second-order valence-electron chi connectivity index (χ2n) is 9.64. The quantitative estimate of drug-likeness (QED) is 0.323. The molecule has 39 heavy (non-hydrogen) atoms. The highest BCUT2D eigenvalue weighted by Crippen LogP contribution is 2.48. The Morgan fingerprint density at radius 2 is 1.67 bits per heavy atom. The Labute approximate surface area is 226 Å². The van der Waals surface area contributed by atoms with Crippen LogP contribution in [0.4, 0.5) is 11.4 Å². The first-order valence-corrected chi connectivity index (χ1v) is 12.8. The van der Waals surface area contributed by atoms with E-state index in [2.05, 4.69) is 5.32 Å². The van der Waals surface area contributed by atoms with Crippen LogP contribution in [-0.2, 0) is 4.79 Å². The summed E-state index contributed by atoms with van der Waals surface area (Å²) in [6.45, 7) is 0. The Kier molecular flexibility index (Phi) is 6.40. The van der Waals surface area contributed by atoms with Crippen molar-refractivity contribution in [3.63, 3.8) is 0 Å². The van der Waals surface area contributed by atoms with Gasteiger partial charge in [-0.15, -0.1) is 0 Å². The van der Waals surface area contributed by atoms with Crippen LogP contribution >= 0.6 is 0 Å².